The van der Waals surface area contributed by atoms with E-state index in [1.54, 1.807) is 7.11 Å². The molecule has 82 valence electrons. The van der Waals surface area contributed by atoms with Crippen molar-refractivity contribution >= 4 is 0 Å². The summed E-state index contributed by atoms with van der Waals surface area (Å²) in [6.45, 7) is 3.48. The molecule has 1 saturated heterocycles. The van der Waals surface area contributed by atoms with E-state index in [4.69, 9.17) is 9.47 Å². The number of hydrogen-bond acceptors (Lipinski definition) is 5. The summed E-state index contributed by atoms with van der Waals surface area (Å²) in [7, 11) is 1.58. The first-order valence-corrected chi connectivity index (χ1v) is 5.01. The van der Waals surface area contributed by atoms with Crippen LogP contribution in [0.15, 0.2) is 12.1 Å². The lowest BCUT2D eigenvalue weighted by Gasteiger charge is -2.28. The largest absolute Gasteiger partial charge is 0.480 e. The fraction of sp³-hybridized carbons (Fsp3) is 0.600. The second-order valence-electron chi connectivity index (χ2n) is 3.66. The van der Waals surface area contributed by atoms with Crippen LogP contribution in [0.3, 0.4) is 0 Å². The Morgan fingerprint density at radius 1 is 1.40 bits per heavy atom. The Morgan fingerprint density at radius 2 is 2.27 bits per heavy atom. The standard InChI is InChI=1S/C10H15N3O2/c1-7-5-15-6-9(11-7)8-3-4-10(14-2)13-12-8/h3-4,7,9,11H,5-6H2,1-2H3/t7?,9-/m0/s1. The second kappa shape index (κ2) is 4.55. The van der Waals surface area contributed by atoms with Gasteiger partial charge in [0, 0.05) is 12.1 Å². The average Bonchev–Trinajstić information content (AvgIpc) is 2.29. The molecule has 5 heteroatoms. The first-order chi connectivity index (χ1) is 7.29. The third kappa shape index (κ3) is 2.43. The van der Waals surface area contributed by atoms with Crippen LogP contribution in [0.1, 0.15) is 18.7 Å². The van der Waals surface area contributed by atoms with E-state index >= 15 is 0 Å². The predicted octanol–water partition coefficient (Wildman–Crippen LogP) is 0.535. The SMILES string of the molecule is COc1ccc([C@@H]2COCC(C)N2)nn1. The quantitative estimate of drug-likeness (QED) is 0.770. The smallest absolute Gasteiger partial charge is 0.233 e. The van der Waals surface area contributed by atoms with Gasteiger partial charge in [-0.25, -0.2) is 0 Å². The molecule has 0 saturated carbocycles. The van der Waals surface area contributed by atoms with Crippen LogP contribution in [-0.2, 0) is 4.74 Å². The number of morpholine rings is 1. The number of ether oxygens (including phenoxy) is 2. The highest BCUT2D eigenvalue weighted by Crippen LogP contribution is 2.16. The summed E-state index contributed by atoms with van der Waals surface area (Å²) >= 11 is 0. The summed E-state index contributed by atoms with van der Waals surface area (Å²) in [6.07, 6.45) is 0. The Kier molecular flexibility index (Phi) is 3.13. The molecule has 0 amide bonds. The molecule has 0 aliphatic carbocycles. The zero-order valence-corrected chi connectivity index (χ0v) is 8.93. The normalized spacial score (nSPS) is 26.3. The minimum Gasteiger partial charge on any atom is -0.480 e. The number of nitrogens with zero attached hydrogens (tertiary/aromatic N) is 2. The molecular weight excluding hydrogens is 194 g/mol. The highest BCUT2D eigenvalue weighted by atomic mass is 16.5. The van der Waals surface area contributed by atoms with E-state index in [9.17, 15) is 0 Å². The van der Waals surface area contributed by atoms with Crippen LogP contribution in [0.2, 0.25) is 0 Å². The molecule has 5 nitrogen and oxygen atoms in total. The molecule has 1 aliphatic rings. The number of aromatic nitrogens is 2. The molecule has 0 aromatic carbocycles. The molecule has 2 heterocycles. The Labute approximate surface area is 88.8 Å². The van der Waals surface area contributed by atoms with Crippen LogP contribution >= 0.6 is 0 Å². The number of hydrogen-bond donors (Lipinski definition) is 1. The minimum atomic E-state index is 0.132. The van der Waals surface area contributed by atoms with Gasteiger partial charge in [-0.2, -0.15) is 5.10 Å². The van der Waals surface area contributed by atoms with Crippen LogP contribution in [-0.4, -0.2) is 36.6 Å². The molecule has 1 aliphatic heterocycles. The Hall–Kier alpha value is -1.20. The highest BCUT2D eigenvalue weighted by Gasteiger charge is 2.21. The van der Waals surface area contributed by atoms with Gasteiger partial charge < -0.3 is 14.8 Å². The van der Waals surface area contributed by atoms with Crippen molar-refractivity contribution in [2.45, 2.75) is 19.0 Å². The van der Waals surface area contributed by atoms with Crippen LogP contribution in [0.5, 0.6) is 5.88 Å². The van der Waals surface area contributed by atoms with Crippen molar-refractivity contribution in [3.05, 3.63) is 17.8 Å². The van der Waals surface area contributed by atoms with Crippen LogP contribution in [0, 0.1) is 0 Å². The van der Waals surface area contributed by atoms with E-state index in [0.29, 0.717) is 18.5 Å². The summed E-state index contributed by atoms with van der Waals surface area (Å²) in [6, 6.07) is 4.20. The van der Waals surface area contributed by atoms with Crippen LogP contribution < -0.4 is 10.1 Å². The van der Waals surface area contributed by atoms with Crippen molar-refractivity contribution in [2.75, 3.05) is 20.3 Å². The highest BCUT2D eigenvalue weighted by molar-refractivity contribution is 5.14. The van der Waals surface area contributed by atoms with E-state index in [1.165, 1.54) is 0 Å². The van der Waals surface area contributed by atoms with Gasteiger partial charge in [-0.05, 0) is 13.0 Å². The molecule has 1 aromatic heterocycles. The van der Waals surface area contributed by atoms with Gasteiger partial charge in [-0.1, -0.05) is 0 Å². The summed E-state index contributed by atoms with van der Waals surface area (Å²) < 4.78 is 10.4. The van der Waals surface area contributed by atoms with Gasteiger partial charge in [-0.3, -0.25) is 0 Å². The van der Waals surface area contributed by atoms with Gasteiger partial charge in [0.2, 0.25) is 5.88 Å². The predicted molar refractivity (Wildman–Crippen MR) is 54.7 cm³/mol. The topological polar surface area (TPSA) is 56.3 Å². The molecule has 2 rings (SSSR count). The van der Waals surface area contributed by atoms with Crippen molar-refractivity contribution in [3.8, 4) is 5.88 Å². The van der Waals surface area contributed by atoms with Crippen LogP contribution in [0.25, 0.3) is 0 Å². The third-order valence-corrected chi connectivity index (χ3v) is 2.36. The maximum absolute atomic E-state index is 5.44. The Morgan fingerprint density at radius 3 is 2.87 bits per heavy atom. The van der Waals surface area contributed by atoms with Crippen molar-refractivity contribution in [3.63, 3.8) is 0 Å². The molecule has 1 N–H and O–H groups in total. The molecule has 1 fully saturated rings. The van der Waals surface area contributed by atoms with Gasteiger partial charge in [0.25, 0.3) is 0 Å². The van der Waals surface area contributed by atoms with Gasteiger partial charge >= 0.3 is 0 Å². The molecule has 0 bridgehead atoms. The number of methoxy groups -OCH3 is 1. The number of nitrogens with one attached hydrogen (secondary N) is 1. The first kappa shape index (κ1) is 10.3. The van der Waals surface area contributed by atoms with Gasteiger partial charge in [0.1, 0.15) is 0 Å². The van der Waals surface area contributed by atoms with Crippen molar-refractivity contribution < 1.29 is 9.47 Å². The zero-order chi connectivity index (χ0) is 10.7. The molecule has 0 spiro atoms. The second-order valence-corrected chi connectivity index (χ2v) is 3.66. The summed E-state index contributed by atoms with van der Waals surface area (Å²) in [5.41, 5.74) is 0.891. The molecule has 1 aromatic rings. The van der Waals surface area contributed by atoms with Crippen molar-refractivity contribution in [2.24, 2.45) is 0 Å². The van der Waals surface area contributed by atoms with Gasteiger partial charge in [0.15, 0.2) is 0 Å². The lowest BCUT2D eigenvalue weighted by Crippen LogP contribution is -2.42. The Bertz CT molecular complexity index is 315. The van der Waals surface area contributed by atoms with E-state index in [0.717, 1.165) is 12.3 Å². The van der Waals surface area contributed by atoms with Crippen LogP contribution in [0.4, 0.5) is 0 Å². The van der Waals surface area contributed by atoms with E-state index in [2.05, 4.69) is 22.4 Å². The number of rotatable bonds is 2. The van der Waals surface area contributed by atoms with Gasteiger partial charge in [0.05, 0.1) is 32.1 Å². The van der Waals surface area contributed by atoms with Crippen molar-refractivity contribution in [1.82, 2.24) is 15.5 Å². The zero-order valence-electron chi connectivity index (χ0n) is 8.93. The average molecular weight is 209 g/mol. The maximum atomic E-state index is 5.44. The lowest BCUT2D eigenvalue weighted by molar-refractivity contribution is 0.0489. The first-order valence-electron chi connectivity index (χ1n) is 5.01. The summed E-state index contributed by atoms with van der Waals surface area (Å²) in [4.78, 5) is 0. The molecule has 0 radical (unpaired) electrons. The van der Waals surface area contributed by atoms with Gasteiger partial charge in [-0.15, -0.1) is 5.10 Å². The monoisotopic (exact) mass is 209 g/mol. The maximum Gasteiger partial charge on any atom is 0.233 e. The summed E-state index contributed by atoms with van der Waals surface area (Å²) in [5.74, 6) is 0.531. The van der Waals surface area contributed by atoms with Crippen molar-refractivity contribution in [1.29, 1.82) is 0 Å². The molecular formula is C10H15N3O2. The third-order valence-electron chi connectivity index (χ3n) is 2.36. The fourth-order valence-corrected chi connectivity index (χ4v) is 1.60. The molecule has 2 atom stereocenters. The summed E-state index contributed by atoms with van der Waals surface area (Å²) in [5, 5.41) is 11.4. The van der Waals surface area contributed by atoms with E-state index < -0.39 is 0 Å². The van der Waals surface area contributed by atoms with E-state index in [-0.39, 0.29) is 6.04 Å². The molecule has 15 heavy (non-hydrogen) atoms. The molecule has 1 unspecified atom stereocenters. The fourth-order valence-electron chi connectivity index (χ4n) is 1.60. The Balaban J connectivity index is 2.07. The minimum absolute atomic E-state index is 0.132. The lowest BCUT2D eigenvalue weighted by atomic mass is 10.1. The van der Waals surface area contributed by atoms with E-state index in [1.807, 2.05) is 12.1 Å².